The van der Waals surface area contributed by atoms with E-state index in [2.05, 4.69) is 13.0 Å². The van der Waals surface area contributed by atoms with E-state index in [9.17, 15) is 0 Å². The number of rotatable bonds is 4. The molecule has 1 aliphatic heterocycles. The maximum atomic E-state index is 5.84. The lowest BCUT2D eigenvalue weighted by atomic mass is 9.72. The van der Waals surface area contributed by atoms with Crippen LogP contribution >= 0.6 is 0 Å². The molecule has 3 atom stereocenters. The predicted molar refractivity (Wildman–Crippen MR) is 63.3 cm³/mol. The molecule has 2 heteroatoms. The van der Waals surface area contributed by atoms with Crippen LogP contribution in [0, 0.1) is 17.3 Å². The van der Waals surface area contributed by atoms with E-state index < -0.39 is 0 Å². The van der Waals surface area contributed by atoms with Crippen molar-refractivity contribution >= 4 is 0 Å². The molecule has 16 heavy (non-hydrogen) atoms. The Morgan fingerprint density at radius 2 is 2.31 bits per heavy atom. The highest BCUT2D eigenvalue weighted by Gasteiger charge is 2.49. The predicted octanol–water partition coefficient (Wildman–Crippen LogP) is 2.78. The van der Waals surface area contributed by atoms with Crippen LogP contribution in [0.25, 0.3) is 0 Å². The molecular weight excluding hydrogens is 200 g/mol. The van der Waals surface area contributed by atoms with E-state index in [1.54, 1.807) is 5.57 Å². The largest absolute Gasteiger partial charge is 0.380 e. The van der Waals surface area contributed by atoms with Crippen LogP contribution in [0.5, 0.6) is 0 Å². The maximum Gasteiger partial charge on any atom is 0.0884 e. The molecule has 1 saturated carbocycles. The zero-order valence-corrected chi connectivity index (χ0v) is 10.4. The number of hydrogen-bond acceptors (Lipinski definition) is 2. The Labute approximate surface area is 98.0 Å². The fourth-order valence-corrected chi connectivity index (χ4v) is 3.83. The van der Waals surface area contributed by atoms with Gasteiger partial charge in [0.15, 0.2) is 0 Å². The lowest BCUT2D eigenvalue weighted by molar-refractivity contribution is -0.172. The van der Waals surface area contributed by atoms with E-state index in [0.717, 1.165) is 25.0 Å². The van der Waals surface area contributed by atoms with Crippen molar-refractivity contribution in [3.8, 4) is 0 Å². The number of allylic oxidation sites excluding steroid dienone is 1. The second-order valence-corrected chi connectivity index (χ2v) is 5.76. The van der Waals surface area contributed by atoms with Gasteiger partial charge in [0, 0.05) is 12.5 Å². The molecule has 0 aromatic carbocycles. The van der Waals surface area contributed by atoms with Crippen LogP contribution in [0.15, 0.2) is 11.6 Å². The number of hydrogen-bond donors (Lipinski definition) is 0. The molecule has 3 rings (SSSR count). The van der Waals surface area contributed by atoms with Crippen molar-refractivity contribution < 1.29 is 9.47 Å². The molecule has 0 aromatic rings. The summed E-state index contributed by atoms with van der Waals surface area (Å²) in [6.45, 7) is 4.04. The summed E-state index contributed by atoms with van der Waals surface area (Å²) in [6.07, 6.45) is 8.17. The summed E-state index contributed by atoms with van der Waals surface area (Å²) in [5.41, 5.74) is 1.88. The van der Waals surface area contributed by atoms with Gasteiger partial charge in [0.25, 0.3) is 0 Å². The lowest BCUT2D eigenvalue weighted by Crippen LogP contribution is -2.53. The molecule has 0 aromatic heterocycles. The average Bonchev–Trinajstić information content (AvgIpc) is 2.84. The van der Waals surface area contributed by atoms with Gasteiger partial charge >= 0.3 is 0 Å². The standard InChI is InChI=1S/C14H22O2/c1-3-14(8-16-9-14)13(15-2)12-7-10-4-5-11(12)6-10/h7,10-11,13H,3-6,8-9H2,1-2H3. The topological polar surface area (TPSA) is 18.5 Å². The normalized spacial score (nSPS) is 37.0. The Balaban J connectivity index is 1.83. The van der Waals surface area contributed by atoms with E-state index in [-0.39, 0.29) is 5.41 Å². The van der Waals surface area contributed by atoms with Crippen molar-refractivity contribution in [2.75, 3.05) is 20.3 Å². The van der Waals surface area contributed by atoms with Gasteiger partial charge in [-0.3, -0.25) is 0 Å². The molecule has 1 saturated heterocycles. The second-order valence-electron chi connectivity index (χ2n) is 5.76. The van der Waals surface area contributed by atoms with Gasteiger partial charge in [-0.2, -0.15) is 0 Å². The molecule has 3 aliphatic rings. The molecule has 3 unspecified atom stereocenters. The van der Waals surface area contributed by atoms with E-state index >= 15 is 0 Å². The minimum absolute atomic E-state index is 0.283. The van der Waals surface area contributed by atoms with Gasteiger partial charge in [-0.05, 0) is 43.1 Å². The van der Waals surface area contributed by atoms with Crippen molar-refractivity contribution in [2.45, 2.75) is 38.7 Å². The smallest absolute Gasteiger partial charge is 0.0884 e. The highest BCUT2D eigenvalue weighted by molar-refractivity contribution is 5.26. The van der Waals surface area contributed by atoms with Crippen LogP contribution in [-0.2, 0) is 9.47 Å². The SMILES string of the molecule is CCC1(C(OC)C2=CC3CCC2C3)COC1. The zero-order chi connectivity index (χ0) is 11.2. The Morgan fingerprint density at radius 1 is 1.50 bits per heavy atom. The monoisotopic (exact) mass is 222 g/mol. The average molecular weight is 222 g/mol. The first-order chi connectivity index (χ1) is 7.79. The molecule has 0 radical (unpaired) electrons. The molecule has 0 spiro atoms. The number of methoxy groups -OCH3 is 1. The summed E-state index contributed by atoms with van der Waals surface area (Å²) in [5, 5.41) is 0. The van der Waals surface area contributed by atoms with E-state index in [1.165, 1.54) is 25.7 Å². The Morgan fingerprint density at radius 3 is 2.69 bits per heavy atom. The third-order valence-corrected chi connectivity index (χ3v) is 4.95. The van der Waals surface area contributed by atoms with Crippen LogP contribution < -0.4 is 0 Å². The Bertz CT molecular complexity index is 298. The first kappa shape index (κ1) is 10.8. The van der Waals surface area contributed by atoms with Crippen LogP contribution in [0.1, 0.15) is 32.6 Å². The summed E-state index contributed by atoms with van der Waals surface area (Å²) in [6, 6.07) is 0. The quantitative estimate of drug-likeness (QED) is 0.681. The van der Waals surface area contributed by atoms with Gasteiger partial charge in [-0.15, -0.1) is 0 Å². The van der Waals surface area contributed by atoms with Crippen molar-refractivity contribution in [3.05, 3.63) is 11.6 Å². The van der Waals surface area contributed by atoms with Gasteiger partial charge in [-0.1, -0.05) is 13.0 Å². The van der Waals surface area contributed by atoms with Crippen molar-refractivity contribution in [1.29, 1.82) is 0 Å². The van der Waals surface area contributed by atoms with E-state index in [0.29, 0.717) is 6.10 Å². The minimum Gasteiger partial charge on any atom is -0.380 e. The first-order valence-corrected chi connectivity index (χ1v) is 6.61. The van der Waals surface area contributed by atoms with Crippen LogP contribution in [0.2, 0.25) is 0 Å². The molecular formula is C14H22O2. The van der Waals surface area contributed by atoms with Gasteiger partial charge in [0.2, 0.25) is 0 Å². The number of fused-ring (bicyclic) bond motifs is 2. The van der Waals surface area contributed by atoms with Crippen molar-refractivity contribution in [3.63, 3.8) is 0 Å². The molecule has 2 bridgehead atoms. The van der Waals surface area contributed by atoms with Crippen LogP contribution in [0.3, 0.4) is 0 Å². The molecule has 2 nitrogen and oxygen atoms in total. The molecule has 1 heterocycles. The lowest BCUT2D eigenvalue weighted by Gasteiger charge is -2.47. The Hall–Kier alpha value is -0.340. The third kappa shape index (κ3) is 1.39. The third-order valence-electron chi connectivity index (χ3n) is 4.95. The molecule has 2 fully saturated rings. The van der Waals surface area contributed by atoms with Crippen molar-refractivity contribution in [2.24, 2.45) is 17.3 Å². The maximum absolute atomic E-state index is 5.84. The van der Waals surface area contributed by atoms with E-state index in [4.69, 9.17) is 9.47 Å². The highest BCUT2D eigenvalue weighted by atomic mass is 16.5. The minimum atomic E-state index is 0.283. The summed E-state index contributed by atoms with van der Waals surface area (Å²) in [5.74, 6) is 1.67. The number of ether oxygens (including phenoxy) is 2. The van der Waals surface area contributed by atoms with Gasteiger partial charge in [0.05, 0.1) is 19.3 Å². The first-order valence-electron chi connectivity index (χ1n) is 6.61. The highest BCUT2D eigenvalue weighted by Crippen LogP contribution is 2.50. The summed E-state index contributed by atoms with van der Waals surface area (Å²) in [4.78, 5) is 0. The second kappa shape index (κ2) is 3.85. The van der Waals surface area contributed by atoms with Crippen LogP contribution in [0.4, 0.5) is 0 Å². The molecule has 0 N–H and O–H groups in total. The molecule has 0 amide bonds. The summed E-state index contributed by atoms with van der Waals surface area (Å²) < 4.78 is 11.3. The van der Waals surface area contributed by atoms with Crippen molar-refractivity contribution in [1.82, 2.24) is 0 Å². The zero-order valence-electron chi connectivity index (χ0n) is 10.4. The van der Waals surface area contributed by atoms with Crippen LogP contribution in [-0.4, -0.2) is 26.4 Å². The Kier molecular flexibility index (Phi) is 2.60. The summed E-state index contributed by atoms with van der Waals surface area (Å²) in [7, 11) is 1.87. The molecule has 90 valence electrons. The van der Waals surface area contributed by atoms with Gasteiger partial charge < -0.3 is 9.47 Å². The summed E-state index contributed by atoms with van der Waals surface area (Å²) >= 11 is 0. The van der Waals surface area contributed by atoms with Gasteiger partial charge in [0.1, 0.15) is 0 Å². The fourth-order valence-electron chi connectivity index (χ4n) is 3.83. The fraction of sp³-hybridized carbons (Fsp3) is 0.857. The van der Waals surface area contributed by atoms with E-state index in [1.807, 2.05) is 7.11 Å². The van der Waals surface area contributed by atoms with Gasteiger partial charge in [-0.25, -0.2) is 0 Å². The molecule has 2 aliphatic carbocycles.